The average molecular weight is 813 g/mol. The zero-order valence-electron chi connectivity index (χ0n) is 33.5. The van der Waals surface area contributed by atoms with Gasteiger partial charge in [0.05, 0.1) is 11.4 Å². The van der Waals surface area contributed by atoms with Crippen molar-refractivity contribution in [2.45, 2.75) is 51.6 Å². The number of aromatic nitrogens is 12. The van der Waals surface area contributed by atoms with Gasteiger partial charge in [-0.15, -0.1) is 10.2 Å². The van der Waals surface area contributed by atoms with E-state index in [0.29, 0.717) is 58.6 Å². The highest BCUT2D eigenvalue weighted by Gasteiger charge is 2.28. The fourth-order valence-corrected chi connectivity index (χ4v) is 5.77. The largest absolute Gasteiger partial charge is 0.352 e. The van der Waals surface area contributed by atoms with Crippen LogP contribution in [0.25, 0.3) is 35.7 Å². The Morgan fingerprint density at radius 2 is 1.13 bits per heavy atom. The van der Waals surface area contributed by atoms with Crippen LogP contribution in [0.1, 0.15) is 104 Å². The highest BCUT2D eigenvalue weighted by atomic mass is 16.2. The molecule has 4 N–H and O–H groups in total. The van der Waals surface area contributed by atoms with E-state index in [1.807, 2.05) is 13.8 Å². The van der Waals surface area contributed by atoms with E-state index < -0.39 is 0 Å². The van der Waals surface area contributed by atoms with E-state index in [1.165, 1.54) is 6.33 Å². The first-order valence-electron chi connectivity index (χ1n) is 19.5. The van der Waals surface area contributed by atoms with Crippen LogP contribution in [0.5, 0.6) is 0 Å². The lowest BCUT2D eigenvalue weighted by Gasteiger charge is -2.07. The molecule has 2 aromatic carbocycles. The molecule has 4 aromatic heterocycles. The first-order valence-corrected chi connectivity index (χ1v) is 19.5. The molecule has 0 saturated heterocycles. The molecule has 60 heavy (non-hydrogen) atoms. The van der Waals surface area contributed by atoms with Gasteiger partial charge in [0.15, 0.2) is 23.0 Å². The van der Waals surface area contributed by atoms with Gasteiger partial charge in [0.1, 0.15) is 24.0 Å². The van der Waals surface area contributed by atoms with Crippen molar-refractivity contribution >= 4 is 47.9 Å². The smallest absolute Gasteiger partial charge is 0.274 e. The lowest BCUT2D eigenvalue weighted by molar-refractivity contribution is 0.0937. The van der Waals surface area contributed by atoms with Gasteiger partial charge in [-0.3, -0.25) is 23.9 Å². The summed E-state index contributed by atoms with van der Waals surface area (Å²) in [6.45, 7) is 4.84. The van der Waals surface area contributed by atoms with Gasteiger partial charge in [-0.2, -0.15) is 10.2 Å². The molecule has 0 bridgehead atoms. The number of nitrogens with zero attached hydrogens (tertiary/aromatic N) is 12. The van der Waals surface area contributed by atoms with Gasteiger partial charge in [-0.1, -0.05) is 10.4 Å². The standard InChI is InChI=1S/2C20H22N8O2/c1-3-21-19(29)13-4-8-15(9-5-13)28-16(10-11-17-22-12-27(2)25-17)18(24-26-28)20(30)23-14-6-7-14;1-3-21-19(29)13-4-8-15(9-5-13)28-16(10-11-17-22-12-23-27(17)2)18(25-26-28)20(30)24-14-6-7-14/h4-5,8-12,14H,3,6-7H2,1-2H3,(H,21,29)(H,23,30);4-5,8-12,14H,3,6-7H2,1-2H3,(H,21,29)(H,24,30)/b2*11-10+. The Morgan fingerprint density at radius 3 is 1.53 bits per heavy atom. The minimum absolute atomic E-state index is 0.144. The molecule has 4 amide bonds. The van der Waals surface area contributed by atoms with Crippen LogP contribution in [0.4, 0.5) is 0 Å². The van der Waals surface area contributed by atoms with Crippen molar-refractivity contribution in [3.63, 3.8) is 0 Å². The average Bonchev–Trinajstić information content (AvgIpc) is 4.03. The lowest BCUT2D eigenvalue weighted by atomic mass is 10.2. The first-order chi connectivity index (χ1) is 29.1. The van der Waals surface area contributed by atoms with E-state index in [9.17, 15) is 19.2 Å². The van der Waals surface area contributed by atoms with E-state index in [2.05, 4.69) is 62.1 Å². The van der Waals surface area contributed by atoms with Gasteiger partial charge in [-0.05, 0) is 112 Å². The third kappa shape index (κ3) is 9.89. The lowest BCUT2D eigenvalue weighted by Crippen LogP contribution is -2.26. The van der Waals surface area contributed by atoms with E-state index >= 15 is 0 Å². The van der Waals surface area contributed by atoms with Crippen LogP contribution in [0.3, 0.4) is 0 Å². The van der Waals surface area contributed by atoms with E-state index in [0.717, 1.165) is 25.7 Å². The van der Waals surface area contributed by atoms with Gasteiger partial charge < -0.3 is 21.3 Å². The highest BCUT2D eigenvalue weighted by molar-refractivity contribution is 5.98. The number of benzene rings is 2. The molecule has 20 heteroatoms. The maximum Gasteiger partial charge on any atom is 0.274 e. The molecule has 2 aliphatic carbocycles. The zero-order valence-corrected chi connectivity index (χ0v) is 33.5. The number of aryl methyl sites for hydroxylation is 2. The molecule has 8 rings (SSSR count). The molecule has 308 valence electrons. The monoisotopic (exact) mass is 812 g/mol. The van der Waals surface area contributed by atoms with Gasteiger partial charge in [-0.25, -0.2) is 24.0 Å². The van der Waals surface area contributed by atoms with Crippen molar-refractivity contribution in [2.24, 2.45) is 14.1 Å². The Bertz CT molecular complexity index is 2540. The summed E-state index contributed by atoms with van der Waals surface area (Å²) in [5.74, 6) is 0.313. The van der Waals surface area contributed by atoms with Crippen molar-refractivity contribution in [2.75, 3.05) is 13.1 Å². The Labute approximate surface area is 344 Å². The summed E-state index contributed by atoms with van der Waals surface area (Å²) in [6.07, 6.45) is 13.9. The SMILES string of the molecule is CCNC(=O)c1ccc(-n2nnc(C(=O)NC3CC3)c2/C=C/c2ncn(C)n2)cc1.CCNC(=O)c1ccc(-n2nnc(C(=O)NC3CC3)c2/C=C/c2ncnn2C)cc1. The van der Waals surface area contributed by atoms with Crippen LogP contribution in [0, 0.1) is 0 Å². The van der Waals surface area contributed by atoms with Crippen molar-refractivity contribution in [1.82, 2.24) is 80.8 Å². The van der Waals surface area contributed by atoms with E-state index in [4.69, 9.17) is 0 Å². The van der Waals surface area contributed by atoms with Crippen LogP contribution in [0.2, 0.25) is 0 Å². The Balaban J connectivity index is 0.000000181. The predicted molar refractivity (Wildman–Crippen MR) is 220 cm³/mol. The second-order valence-corrected chi connectivity index (χ2v) is 14.0. The zero-order chi connectivity index (χ0) is 42.2. The molecule has 2 saturated carbocycles. The number of amides is 4. The summed E-state index contributed by atoms with van der Waals surface area (Å²) < 4.78 is 6.34. The van der Waals surface area contributed by atoms with Gasteiger partial charge in [0.25, 0.3) is 23.6 Å². The fourth-order valence-electron chi connectivity index (χ4n) is 5.77. The van der Waals surface area contributed by atoms with Gasteiger partial charge in [0.2, 0.25) is 0 Å². The van der Waals surface area contributed by atoms with Crippen LogP contribution in [0.15, 0.2) is 61.2 Å². The first kappa shape index (κ1) is 40.6. The summed E-state index contributed by atoms with van der Waals surface area (Å²) in [5, 5.41) is 36.2. The molecule has 2 aliphatic rings. The normalized spacial score (nSPS) is 13.5. The fraction of sp³-hybridized carbons (Fsp3) is 0.300. The van der Waals surface area contributed by atoms with Gasteiger partial charge >= 0.3 is 0 Å². The summed E-state index contributed by atoms with van der Waals surface area (Å²) in [5.41, 5.74) is 3.92. The third-order valence-corrected chi connectivity index (χ3v) is 9.23. The summed E-state index contributed by atoms with van der Waals surface area (Å²) >= 11 is 0. The molecule has 4 heterocycles. The second kappa shape index (κ2) is 18.3. The molecule has 2 fully saturated rings. The maximum absolute atomic E-state index is 12.7. The summed E-state index contributed by atoms with van der Waals surface area (Å²) in [6, 6.07) is 14.3. The highest BCUT2D eigenvalue weighted by Crippen LogP contribution is 2.23. The van der Waals surface area contributed by atoms with Crippen molar-refractivity contribution in [3.05, 3.63) is 107 Å². The maximum atomic E-state index is 12.7. The minimum Gasteiger partial charge on any atom is -0.352 e. The molecule has 6 aromatic rings. The third-order valence-electron chi connectivity index (χ3n) is 9.23. The number of rotatable bonds is 14. The van der Waals surface area contributed by atoms with Crippen molar-refractivity contribution < 1.29 is 19.2 Å². The molecule has 0 aliphatic heterocycles. The van der Waals surface area contributed by atoms with E-state index in [-0.39, 0.29) is 47.1 Å². The number of carbonyl (C=O) groups excluding carboxylic acids is 4. The molecule has 0 spiro atoms. The van der Waals surface area contributed by atoms with Crippen molar-refractivity contribution in [1.29, 1.82) is 0 Å². The molecular weight excluding hydrogens is 769 g/mol. The Morgan fingerprint density at radius 1 is 0.650 bits per heavy atom. The number of hydrogen-bond donors (Lipinski definition) is 4. The Kier molecular flexibility index (Phi) is 12.4. The predicted octanol–water partition coefficient (Wildman–Crippen LogP) is 2.42. The van der Waals surface area contributed by atoms with Crippen LogP contribution in [-0.2, 0) is 14.1 Å². The van der Waals surface area contributed by atoms with E-state index in [1.54, 1.807) is 112 Å². The van der Waals surface area contributed by atoms with Crippen LogP contribution >= 0.6 is 0 Å². The minimum atomic E-state index is -0.267. The topological polar surface area (TPSA) is 239 Å². The van der Waals surface area contributed by atoms with Crippen molar-refractivity contribution in [3.8, 4) is 11.4 Å². The number of carbonyl (C=O) groups is 4. The molecule has 0 atom stereocenters. The van der Waals surface area contributed by atoms with Crippen LogP contribution < -0.4 is 21.3 Å². The second-order valence-electron chi connectivity index (χ2n) is 14.0. The number of hydrogen-bond acceptors (Lipinski definition) is 12. The van der Waals surface area contributed by atoms with Crippen LogP contribution in [-0.4, -0.2) is 108 Å². The molecule has 20 nitrogen and oxygen atoms in total. The number of nitrogens with one attached hydrogen (secondary N) is 4. The Hall–Kier alpha value is -7.64. The molecule has 0 unspecified atom stereocenters. The molecular formula is C40H44N16O4. The summed E-state index contributed by atoms with van der Waals surface area (Å²) in [4.78, 5) is 57.6. The summed E-state index contributed by atoms with van der Waals surface area (Å²) in [7, 11) is 3.56. The quantitative estimate of drug-likeness (QED) is 0.124. The van der Waals surface area contributed by atoms with Gasteiger partial charge in [0, 0.05) is 50.4 Å². The molecule has 0 radical (unpaired) electrons.